The predicted octanol–water partition coefficient (Wildman–Crippen LogP) is 13.6. The van der Waals surface area contributed by atoms with Gasteiger partial charge in [-0.1, -0.05) is 178 Å². The summed E-state index contributed by atoms with van der Waals surface area (Å²) in [5.74, 6) is 0.442. The van der Waals surface area contributed by atoms with Crippen LogP contribution in [0.4, 0.5) is 28.4 Å². The first kappa shape index (κ1) is 39.9. The number of fused-ring (bicyclic) bond motifs is 4. The molecule has 0 radical (unpaired) electrons. The molecule has 6 aromatic rings. The SMILES string of the molecule is Cc1ccccc1C1=CC(C)CC=C1N1c2ccc(C(C)(C)C)cc2B2c3cc(C(C)(C)C)ccc3N(c3ccccc3-c3ccccc3C)c3c(C(C)(C)C)ccc1c32. The number of hydrogen-bond acceptors (Lipinski definition) is 2. The van der Waals surface area contributed by atoms with Gasteiger partial charge in [-0.15, -0.1) is 0 Å². The molecule has 2 aliphatic heterocycles. The minimum Gasteiger partial charge on any atom is -0.311 e. The fourth-order valence-corrected chi connectivity index (χ4v) is 10.0. The summed E-state index contributed by atoms with van der Waals surface area (Å²) in [6, 6.07) is 46.6. The summed E-state index contributed by atoms with van der Waals surface area (Å²) < 4.78 is 0. The predicted molar refractivity (Wildman–Crippen MR) is 262 cm³/mol. The molecule has 0 aromatic heterocycles. The van der Waals surface area contributed by atoms with Gasteiger partial charge in [-0.05, 0) is 122 Å². The Bertz CT molecular complexity index is 2740. The van der Waals surface area contributed by atoms with Gasteiger partial charge in [0.1, 0.15) is 0 Å². The average molecular weight is 785 g/mol. The highest BCUT2D eigenvalue weighted by Gasteiger charge is 2.47. The second-order valence-electron chi connectivity index (χ2n) is 20.8. The molecule has 0 saturated heterocycles. The van der Waals surface area contributed by atoms with Crippen molar-refractivity contribution >= 4 is 57.1 Å². The Balaban J connectivity index is 1.44. The third-order valence-corrected chi connectivity index (χ3v) is 13.3. The standard InChI is InChI=1S/C57H61BN2/c1-36-25-29-49(44(33-36)42-22-16-14-20-38(42)3)59-50-30-26-39(55(4,5)6)34-46(50)58-47-35-40(56(7,8)9)27-31-51(47)60(54-45(57(10,11)12)28-32-52(59)53(54)58)48-24-18-17-23-43(48)41-21-15-13-19-37(41)2/h13-24,26-36H,25H2,1-12H3. The zero-order valence-electron chi connectivity index (χ0n) is 38.0. The van der Waals surface area contributed by atoms with Crippen LogP contribution < -0.4 is 26.2 Å². The van der Waals surface area contributed by atoms with Crippen LogP contribution in [0.2, 0.25) is 0 Å². The second kappa shape index (κ2) is 14.3. The lowest BCUT2D eigenvalue weighted by Crippen LogP contribution is -2.62. The van der Waals surface area contributed by atoms with Gasteiger partial charge >= 0.3 is 0 Å². The van der Waals surface area contributed by atoms with E-state index < -0.39 is 0 Å². The van der Waals surface area contributed by atoms with E-state index in [1.165, 1.54) is 101 Å². The Morgan fingerprint density at radius 1 is 0.517 bits per heavy atom. The number of anilines is 5. The van der Waals surface area contributed by atoms with Gasteiger partial charge in [0.2, 0.25) is 0 Å². The molecule has 2 nitrogen and oxygen atoms in total. The van der Waals surface area contributed by atoms with E-state index in [0.717, 1.165) is 6.42 Å². The van der Waals surface area contributed by atoms with E-state index in [9.17, 15) is 0 Å². The molecule has 0 fully saturated rings. The number of nitrogens with zero attached hydrogens (tertiary/aromatic N) is 2. The molecule has 2 heterocycles. The van der Waals surface area contributed by atoms with Crippen LogP contribution >= 0.6 is 0 Å². The van der Waals surface area contributed by atoms with E-state index >= 15 is 0 Å². The van der Waals surface area contributed by atoms with E-state index in [1.807, 2.05) is 0 Å². The van der Waals surface area contributed by atoms with Crippen LogP contribution in [0.25, 0.3) is 16.7 Å². The average Bonchev–Trinajstić information content (AvgIpc) is 3.20. The number of para-hydroxylation sites is 1. The molecule has 0 amide bonds. The van der Waals surface area contributed by atoms with Crippen molar-refractivity contribution in [2.45, 2.75) is 106 Å². The van der Waals surface area contributed by atoms with E-state index in [0.29, 0.717) is 5.92 Å². The van der Waals surface area contributed by atoms with Gasteiger partial charge in [0.25, 0.3) is 6.71 Å². The zero-order chi connectivity index (χ0) is 42.5. The van der Waals surface area contributed by atoms with Crippen molar-refractivity contribution < 1.29 is 0 Å². The minimum atomic E-state index is -0.141. The highest BCUT2D eigenvalue weighted by atomic mass is 15.2. The minimum absolute atomic E-state index is 0.0226. The summed E-state index contributed by atoms with van der Waals surface area (Å²) in [4.78, 5) is 5.31. The quantitative estimate of drug-likeness (QED) is 0.164. The maximum Gasteiger partial charge on any atom is 0.252 e. The summed E-state index contributed by atoms with van der Waals surface area (Å²) in [6.45, 7) is 28.2. The van der Waals surface area contributed by atoms with Gasteiger partial charge in [-0.2, -0.15) is 0 Å². The van der Waals surface area contributed by atoms with E-state index in [4.69, 9.17) is 0 Å². The number of hydrogen-bond donors (Lipinski definition) is 0. The largest absolute Gasteiger partial charge is 0.311 e. The first-order valence-corrected chi connectivity index (χ1v) is 22.1. The molecular weight excluding hydrogens is 723 g/mol. The highest BCUT2D eigenvalue weighted by Crippen LogP contribution is 2.51. The Kier molecular flexibility index (Phi) is 9.51. The summed E-state index contributed by atoms with van der Waals surface area (Å²) in [5, 5.41) is 0. The number of rotatable bonds is 4. The fraction of sp³-hybridized carbons (Fsp3) is 0.298. The molecule has 1 aliphatic carbocycles. The van der Waals surface area contributed by atoms with Crippen LogP contribution in [0, 0.1) is 19.8 Å². The maximum atomic E-state index is 2.66. The second-order valence-corrected chi connectivity index (χ2v) is 20.8. The first-order chi connectivity index (χ1) is 28.4. The molecule has 0 spiro atoms. The Morgan fingerprint density at radius 3 is 1.60 bits per heavy atom. The van der Waals surface area contributed by atoms with Gasteiger partial charge in [0, 0.05) is 39.6 Å². The van der Waals surface area contributed by atoms with Crippen LogP contribution in [-0.2, 0) is 16.2 Å². The third kappa shape index (κ3) is 6.57. The van der Waals surface area contributed by atoms with Crippen molar-refractivity contribution in [3.8, 4) is 11.1 Å². The molecular formula is C57H61BN2. The molecule has 3 heteroatoms. The summed E-state index contributed by atoms with van der Waals surface area (Å²) in [7, 11) is 0. The molecule has 302 valence electrons. The number of benzene rings is 6. The summed E-state index contributed by atoms with van der Waals surface area (Å²) in [6.07, 6.45) is 6.05. The van der Waals surface area contributed by atoms with Crippen molar-refractivity contribution in [3.05, 3.63) is 173 Å². The topological polar surface area (TPSA) is 6.48 Å². The lowest BCUT2D eigenvalue weighted by Gasteiger charge is -2.48. The van der Waals surface area contributed by atoms with E-state index in [-0.39, 0.29) is 23.0 Å². The zero-order valence-corrected chi connectivity index (χ0v) is 38.0. The molecule has 3 aliphatic rings. The number of allylic oxidation sites excluding steroid dienone is 3. The lowest BCUT2D eigenvalue weighted by atomic mass is 9.32. The van der Waals surface area contributed by atoms with Crippen molar-refractivity contribution in [3.63, 3.8) is 0 Å². The third-order valence-electron chi connectivity index (χ3n) is 13.3. The smallest absolute Gasteiger partial charge is 0.252 e. The molecule has 9 rings (SSSR count). The maximum absolute atomic E-state index is 2.66. The Labute approximate surface area is 360 Å². The van der Waals surface area contributed by atoms with Crippen molar-refractivity contribution in [2.75, 3.05) is 9.80 Å². The van der Waals surface area contributed by atoms with Crippen molar-refractivity contribution in [2.24, 2.45) is 5.92 Å². The molecule has 1 unspecified atom stereocenters. The molecule has 6 aromatic carbocycles. The Hall–Kier alpha value is -5.54. The van der Waals surface area contributed by atoms with Crippen LogP contribution in [0.3, 0.4) is 0 Å². The van der Waals surface area contributed by atoms with Crippen LogP contribution in [-0.4, -0.2) is 6.71 Å². The normalized spacial score (nSPS) is 16.2. The van der Waals surface area contributed by atoms with Crippen LogP contribution in [0.5, 0.6) is 0 Å². The Morgan fingerprint density at radius 2 is 1.03 bits per heavy atom. The molecule has 0 saturated carbocycles. The molecule has 0 N–H and O–H groups in total. The molecule has 60 heavy (non-hydrogen) atoms. The first-order valence-electron chi connectivity index (χ1n) is 22.1. The van der Waals surface area contributed by atoms with E-state index in [1.54, 1.807) is 0 Å². The van der Waals surface area contributed by atoms with Gasteiger partial charge in [0.05, 0.1) is 5.69 Å². The fourth-order valence-electron chi connectivity index (χ4n) is 10.0. The van der Waals surface area contributed by atoms with Crippen molar-refractivity contribution in [1.82, 2.24) is 0 Å². The summed E-state index contributed by atoms with van der Waals surface area (Å²) >= 11 is 0. The number of aryl methyl sites for hydroxylation is 2. The van der Waals surface area contributed by atoms with E-state index in [2.05, 4.69) is 226 Å². The molecule has 0 bridgehead atoms. The highest BCUT2D eigenvalue weighted by molar-refractivity contribution is 7.00. The van der Waals surface area contributed by atoms with Gasteiger partial charge in [0.15, 0.2) is 0 Å². The van der Waals surface area contributed by atoms with Gasteiger partial charge in [-0.25, -0.2) is 0 Å². The van der Waals surface area contributed by atoms with Gasteiger partial charge in [-0.3, -0.25) is 0 Å². The van der Waals surface area contributed by atoms with Crippen molar-refractivity contribution in [1.29, 1.82) is 0 Å². The molecule has 1 atom stereocenters. The lowest BCUT2D eigenvalue weighted by molar-refractivity contribution is 0.590. The monoisotopic (exact) mass is 784 g/mol. The summed E-state index contributed by atoms with van der Waals surface area (Å²) in [5.41, 5.74) is 23.3. The van der Waals surface area contributed by atoms with Gasteiger partial charge < -0.3 is 9.80 Å². The van der Waals surface area contributed by atoms with Crippen LogP contribution in [0.1, 0.15) is 109 Å². The van der Waals surface area contributed by atoms with Crippen LogP contribution in [0.15, 0.2) is 139 Å².